The Bertz CT molecular complexity index is 1420. The Balaban J connectivity index is 1.09. The Hall–Kier alpha value is -4.04. The quantitative estimate of drug-likeness (QED) is 0.481. The van der Waals surface area contributed by atoms with Crippen LogP contribution in [0.2, 0.25) is 0 Å². The van der Waals surface area contributed by atoms with E-state index in [1.54, 1.807) is 18.2 Å². The smallest absolute Gasteiger partial charge is 0.256 e. The predicted molar refractivity (Wildman–Crippen MR) is 135 cm³/mol. The number of benzene rings is 3. The van der Waals surface area contributed by atoms with Gasteiger partial charge in [0, 0.05) is 56.4 Å². The fourth-order valence-electron chi connectivity index (χ4n) is 5.05. The normalized spacial score (nSPS) is 16.8. The van der Waals surface area contributed by atoms with Crippen molar-refractivity contribution in [3.8, 4) is 11.4 Å². The van der Waals surface area contributed by atoms with E-state index in [-0.39, 0.29) is 17.6 Å². The lowest BCUT2D eigenvalue weighted by Crippen LogP contribution is -2.64. The first-order chi connectivity index (χ1) is 17.6. The summed E-state index contributed by atoms with van der Waals surface area (Å²) in [7, 11) is 0. The highest BCUT2D eigenvalue weighted by atomic mass is 19.1. The highest BCUT2D eigenvalue weighted by Crippen LogP contribution is 2.26. The number of amides is 2. The highest BCUT2D eigenvalue weighted by Gasteiger charge is 2.37. The minimum absolute atomic E-state index is 0.0490. The van der Waals surface area contributed by atoms with E-state index in [0.29, 0.717) is 54.7 Å². The Kier molecular flexibility index (Phi) is 5.73. The van der Waals surface area contributed by atoms with Crippen molar-refractivity contribution in [3.05, 3.63) is 89.7 Å². The summed E-state index contributed by atoms with van der Waals surface area (Å²) in [5.74, 6) is 0.229. The predicted octanol–water partition coefficient (Wildman–Crippen LogP) is 3.65. The molecule has 2 saturated heterocycles. The van der Waals surface area contributed by atoms with E-state index in [9.17, 15) is 14.0 Å². The van der Waals surface area contributed by atoms with E-state index >= 15 is 0 Å². The van der Waals surface area contributed by atoms with Gasteiger partial charge in [-0.15, -0.1) is 0 Å². The Labute approximate surface area is 208 Å². The number of carbonyl (C=O) groups excluding carboxylic acids is 2. The number of likely N-dealkylation sites (tertiary alicyclic amines) is 1. The fraction of sp³-hybridized carbons (Fsp3) is 0.250. The summed E-state index contributed by atoms with van der Waals surface area (Å²) in [5, 5.41) is 0. The van der Waals surface area contributed by atoms with Crippen molar-refractivity contribution in [2.75, 3.05) is 39.3 Å². The molecule has 1 aromatic heterocycles. The lowest BCUT2D eigenvalue weighted by atomic mass is 10.0. The molecule has 36 heavy (non-hydrogen) atoms. The van der Waals surface area contributed by atoms with Gasteiger partial charge in [0.05, 0.1) is 11.1 Å². The zero-order valence-electron chi connectivity index (χ0n) is 19.7. The van der Waals surface area contributed by atoms with E-state index in [4.69, 9.17) is 0 Å². The third-order valence-corrected chi connectivity index (χ3v) is 7.13. The molecule has 7 nitrogen and oxygen atoms in total. The number of fused-ring (bicyclic) bond motifs is 1. The summed E-state index contributed by atoms with van der Waals surface area (Å²) >= 11 is 0. The number of nitrogens with zero attached hydrogens (tertiary/aromatic N) is 4. The van der Waals surface area contributed by atoms with E-state index in [1.165, 1.54) is 12.1 Å². The van der Waals surface area contributed by atoms with Crippen LogP contribution in [0, 0.1) is 5.82 Å². The number of carbonyl (C=O) groups is 2. The van der Waals surface area contributed by atoms with Crippen LogP contribution >= 0.6 is 0 Å². The average molecular weight is 484 g/mol. The molecule has 4 aromatic rings. The molecule has 2 amide bonds. The summed E-state index contributed by atoms with van der Waals surface area (Å²) in [6.45, 7) is 4.29. The summed E-state index contributed by atoms with van der Waals surface area (Å²) in [6.07, 6.45) is 0. The van der Waals surface area contributed by atoms with Crippen LogP contribution in [0.1, 0.15) is 20.7 Å². The lowest BCUT2D eigenvalue weighted by Gasteiger charge is -2.48. The number of rotatable bonds is 4. The van der Waals surface area contributed by atoms with Crippen LogP contribution in [0.15, 0.2) is 72.8 Å². The Morgan fingerprint density at radius 2 is 1.58 bits per heavy atom. The van der Waals surface area contributed by atoms with Crippen LogP contribution in [0.5, 0.6) is 0 Å². The minimum Gasteiger partial charge on any atom is -0.338 e. The third-order valence-electron chi connectivity index (χ3n) is 7.13. The monoisotopic (exact) mass is 483 g/mol. The zero-order chi connectivity index (χ0) is 24.6. The van der Waals surface area contributed by atoms with Crippen LogP contribution in [0.4, 0.5) is 4.39 Å². The molecule has 3 aromatic carbocycles. The van der Waals surface area contributed by atoms with Gasteiger partial charge in [0.25, 0.3) is 11.8 Å². The number of nitrogens with one attached hydrogen (secondary N) is 1. The average Bonchev–Trinajstić information content (AvgIpc) is 3.33. The number of para-hydroxylation sites is 1. The van der Waals surface area contributed by atoms with Crippen LogP contribution < -0.4 is 0 Å². The summed E-state index contributed by atoms with van der Waals surface area (Å²) in [4.78, 5) is 40.0. The lowest BCUT2D eigenvalue weighted by molar-refractivity contribution is 0.00863. The second kappa shape index (κ2) is 9.20. The Morgan fingerprint density at radius 1 is 0.833 bits per heavy atom. The molecule has 2 fully saturated rings. The van der Waals surface area contributed by atoms with Crippen LogP contribution in [0.3, 0.4) is 0 Å². The maximum Gasteiger partial charge on any atom is 0.256 e. The summed E-state index contributed by atoms with van der Waals surface area (Å²) in [6, 6.07) is 21.4. The molecule has 0 atom stereocenters. The van der Waals surface area contributed by atoms with Crippen molar-refractivity contribution in [1.82, 2.24) is 24.7 Å². The molecule has 3 heterocycles. The number of aromatic amines is 1. The van der Waals surface area contributed by atoms with E-state index in [0.717, 1.165) is 24.2 Å². The van der Waals surface area contributed by atoms with Crippen LogP contribution in [0.25, 0.3) is 22.4 Å². The van der Waals surface area contributed by atoms with E-state index < -0.39 is 0 Å². The standard InChI is InChI=1S/C28H26FN5O2/c29-21-9-4-8-20(16-21)26-30-24-11-5-10-23(25(24)31-26)28(36)34-17-22(18-34)32-12-14-33(15-13-32)27(35)19-6-2-1-3-7-19/h1-11,16,22H,12-15,17-18H2,(H,30,31). The fourth-order valence-corrected chi connectivity index (χ4v) is 5.05. The highest BCUT2D eigenvalue weighted by molar-refractivity contribution is 6.05. The number of H-pyrrole nitrogens is 1. The zero-order valence-corrected chi connectivity index (χ0v) is 19.7. The van der Waals surface area contributed by atoms with Gasteiger partial charge in [-0.05, 0) is 36.4 Å². The molecule has 182 valence electrons. The van der Waals surface area contributed by atoms with Crippen molar-refractivity contribution in [2.45, 2.75) is 6.04 Å². The molecule has 0 saturated carbocycles. The maximum absolute atomic E-state index is 13.7. The first-order valence-corrected chi connectivity index (χ1v) is 12.2. The second-order valence-corrected chi connectivity index (χ2v) is 9.36. The van der Waals surface area contributed by atoms with Gasteiger partial charge in [0.15, 0.2) is 0 Å². The molecule has 0 radical (unpaired) electrons. The van der Waals surface area contributed by atoms with Gasteiger partial charge in [-0.25, -0.2) is 9.37 Å². The van der Waals surface area contributed by atoms with Gasteiger partial charge in [0.2, 0.25) is 0 Å². The molecule has 8 heteroatoms. The van der Waals surface area contributed by atoms with Gasteiger partial charge in [-0.1, -0.05) is 36.4 Å². The van der Waals surface area contributed by atoms with Gasteiger partial charge >= 0.3 is 0 Å². The molecule has 2 aliphatic rings. The molecule has 0 spiro atoms. The van der Waals surface area contributed by atoms with Gasteiger partial charge in [0.1, 0.15) is 17.2 Å². The first kappa shape index (κ1) is 22.4. The number of halogens is 1. The number of hydrogen-bond donors (Lipinski definition) is 1. The van der Waals surface area contributed by atoms with Crippen molar-refractivity contribution in [1.29, 1.82) is 0 Å². The molecule has 0 bridgehead atoms. The van der Waals surface area contributed by atoms with Gasteiger partial charge in [-0.2, -0.15) is 0 Å². The molecule has 0 aliphatic carbocycles. The molecule has 1 N–H and O–H groups in total. The second-order valence-electron chi connectivity index (χ2n) is 9.36. The number of aromatic nitrogens is 2. The molecule has 6 rings (SSSR count). The number of imidazole rings is 1. The largest absolute Gasteiger partial charge is 0.338 e. The SMILES string of the molecule is O=C(c1ccccc1)N1CCN(C2CN(C(=O)c3cccc4[nH]c(-c5cccc(F)c5)nc34)C2)CC1. The Morgan fingerprint density at radius 3 is 2.33 bits per heavy atom. The van der Waals surface area contributed by atoms with Crippen LogP contribution in [-0.4, -0.2) is 81.8 Å². The topological polar surface area (TPSA) is 72.5 Å². The molecular weight excluding hydrogens is 457 g/mol. The van der Waals surface area contributed by atoms with E-state index in [1.807, 2.05) is 52.3 Å². The molecule has 2 aliphatic heterocycles. The van der Waals surface area contributed by atoms with Crippen molar-refractivity contribution < 1.29 is 14.0 Å². The van der Waals surface area contributed by atoms with E-state index in [2.05, 4.69) is 14.9 Å². The molecule has 0 unspecified atom stereocenters. The number of hydrogen-bond acceptors (Lipinski definition) is 4. The van der Waals surface area contributed by atoms with Crippen molar-refractivity contribution in [3.63, 3.8) is 0 Å². The van der Waals surface area contributed by atoms with Crippen LogP contribution in [-0.2, 0) is 0 Å². The summed E-state index contributed by atoms with van der Waals surface area (Å²) < 4.78 is 13.7. The molecular formula is C28H26FN5O2. The van der Waals surface area contributed by atoms with Gasteiger partial charge in [-0.3, -0.25) is 14.5 Å². The van der Waals surface area contributed by atoms with Crippen molar-refractivity contribution >= 4 is 22.8 Å². The third kappa shape index (κ3) is 4.13. The number of piperazine rings is 1. The summed E-state index contributed by atoms with van der Waals surface area (Å²) in [5.41, 5.74) is 3.25. The van der Waals surface area contributed by atoms with Gasteiger partial charge < -0.3 is 14.8 Å². The first-order valence-electron chi connectivity index (χ1n) is 12.2. The maximum atomic E-state index is 13.7. The van der Waals surface area contributed by atoms with Crippen molar-refractivity contribution in [2.24, 2.45) is 0 Å². The minimum atomic E-state index is -0.332.